The SMILES string of the molecule is COc1cccc(CC(=O)NCC(c2ccccc2Cl)c2c[nH]c3ccccc23)c1. The summed E-state index contributed by atoms with van der Waals surface area (Å²) in [5.41, 5.74) is 4.08. The first-order valence-corrected chi connectivity index (χ1v) is 10.2. The second-order valence-corrected chi connectivity index (χ2v) is 7.60. The Morgan fingerprint density at radius 3 is 2.67 bits per heavy atom. The minimum atomic E-state index is -0.0656. The highest BCUT2D eigenvalue weighted by Gasteiger charge is 2.21. The van der Waals surface area contributed by atoms with Crippen LogP contribution in [0.15, 0.2) is 79.0 Å². The van der Waals surface area contributed by atoms with Crippen LogP contribution in [0.1, 0.15) is 22.6 Å². The molecule has 5 heteroatoms. The lowest BCUT2D eigenvalue weighted by Gasteiger charge is -2.19. The van der Waals surface area contributed by atoms with E-state index in [9.17, 15) is 4.79 Å². The van der Waals surface area contributed by atoms with E-state index in [0.717, 1.165) is 33.3 Å². The van der Waals surface area contributed by atoms with Crippen LogP contribution in [0, 0.1) is 0 Å². The van der Waals surface area contributed by atoms with Crippen molar-refractivity contribution in [2.45, 2.75) is 12.3 Å². The molecule has 0 saturated heterocycles. The molecule has 1 aromatic heterocycles. The highest BCUT2D eigenvalue weighted by Crippen LogP contribution is 2.34. The van der Waals surface area contributed by atoms with E-state index < -0.39 is 0 Å². The summed E-state index contributed by atoms with van der Waals surface area (Å²) in [7, 11) is 1.62. The molecule has 1 atom stereocenters. The van der Waals surface area contributed by atoms with Gasteiger partial charge in [-0.3, -0.25) is 4.79 Å². The van der Waals surface area contributed by atoms with Gasteiger partial charge in [0.2, 0.25) is 5.91 Å². The molecule has 0 bridgehead atoms. The molecular weight excluding hydrogens is 396 g/mol. The van der Waals surface area contributed by atoms with Gasteiger partial charge in [0, 0.05) is 34.6 Å². The summed E-state index contributed by atoms with van der Waals surface area (Å²) in [6, 6.07) is 23.5. The average Bonchev–Trinajstić information content (AvgIpc) is 3.19. The zero-order chi connectivity index (χ0) is 20.9. The Morgan fingerprint density at radius 1 is 1.03 bits per heavy atom. The van der Waals surface area contributed by atoms with Gasteiger partial charge in [-0.25, -0.2) is 0 Å². The minimum absolute atomic E-state index is 0.0415. The summed E-state index contributed by atoms with van der Waals surface area (Å²) in [4.78, 5) is 16.0. The summed E-state index contributed by atoms with van der Waals surface area (Å²) < 4.78 is 5.25. The van der Waals surface area contributed by atoms with E-state index in [-0.39, 0.29) is 11.8 Å². The second kappa shape index (κ2) is 9.06. The van der Waals surface area contributed by atoms with Crippen molar-refractivity contribution in [2.75, 3.05) is 13.7 Å². The number of hydrogen-bond donors (Lipinski definition) is 2. The Morgan fingerprint density at radius 2 is 1.83 bits per heavy atom. The molecule has 1 unspecified atom stereocenters. The maximum absolute atomic E-state index is 12.7. The van der Waals surface area contributed by atoms with Crippen LogP contribution in [-0.4, -0.2) is 24.5 Å². The predicted octanol–water partition coefficient (Wildman–Crippen LogP) is 5.32. The normalized spacial score (nSPS) is 11.9. The topological polar surface area (TPSA) is 54.1 Å². The average molecular weight is 419 g/mol. The molecule has 2 N–H and O–H groups in total. The van der Waals surface area contributed by atoms with Crippen molar-refractivity contribution < 1.29 is 9.53 Å². The number of carbonyl (C=O) groups excluding carboxylic acids is 1. The van der Waals surface area contributed by atoms with E-state index in [1.807, 2.05) is 72.9 Å². The molecule has 0 aliphatic rings. The molecule has 30 heavy (non-hydrogen) atoms. The number of hydrogen-bond acceptors (Lipinski definition) is 2. The summed E-state index contributed by atoms with van der Waals surface area (Å²) in [5.74, 6) is 0.636. The molecule has 0 fully saturated rings. The number of methoxy groups -OCH3 is 1. The van der Waals surface area contributed by atoms with Gasteiger partial charge in [-0.15, -0.1) is 0 Å². The second-order valence-electron chi connectivity index (χ2n) is 7.20. The summed E-state index contributed by atoms with van der Waals surface area (Å²) in [6.07, 6.45) is 2.30. The van der Waals surface area contributed by atoms with Gasteiger partial charge in [0.15, 0.2) is 0 Å². The number of H-pyrrole nitrogens is 1. The van der Waals surface area contributed by atoms with Crippen molar-refractivity contribution in [1.82, 2.24) is 10.3 Å². The van der Waals surface area contributed by atoms with Gasteiger partial charge >= 0.3 is 0 Å². The molecule has 1 amide bonds. The fourth-order valence-electron chi connectivity index (χ4n) is 3.77. The van der Waals surface area contributed by atoms with Crippen molar-refractivity contribution in [2.24, 2.45) is 0 Å². The number of ether oxygens (including phenoxy) is 1. The van der Waals surface area contributed by atoms with Gasteiger partial charge in [-0.05, 0) is 41.0 Å². The number of benzene rings is 3. The number of carbonyl (C=O) groups is 1. The summed E-state index contributed by atoms with van der Waals surface area (Å²) >= 11 is 6.53. The fraction of sp³-hybridized carbons (Fsp3) is 0.160. The maximum atomic E-state index is 12.7. The first kappa shape index (κ1) is 20.0. The van der Waals surface area contributed by atoms with E-state index in [4.69, 9.17) is 16.3 Å². The van der Waals surface area contributed by atoms with E-state index in [0.29, 0.717) is 18.0 Å². The lowest BCUT2D eigenvalue weighted by Crippen LogP contribution is -2.30. The Bertz CT molecular complexity index is 1170. The number of para-hydroxylation sites is 1. The van der Waals surface area contributed by atoms with Gasteiger partial charge in [-0.2, -0.15) is 0 Å². The van der Waals surface area contributed by atoms with Crippen LogP contribution in [0.2, 0.25) is 5.02 Å². The lowest BCUT2D eigenvalue weighted by molar-refractivity contribution is -0.120. The Hall–Kier alpha value is -3.24. The highest BCUT2D eigenvalue weighted by molar-refractivity contribution is 6.31. The van der Waals surface area contributed by atoms with Gasteiger partial charge in [0.05, 0.1) is 13.5 Å². The van der Waals surface area contributed by atoms with Gasteiger partial charge in [0.25, 0.3) is 0 Å². The number of nitrogens with one attached hydrogen (secondary N) is 2. The van der Waals surface area contributed by atoms with Crippen LogP contribution in [0.25, 0.3) is 10.9 Å². The van der Waals surface area contributed by atoms with Crippen LogP contribution in [0.5, 0.6) is 5.75 Å². The largest absolute Gasteiger partial charge is 0.497 e. The molecule has 0 spiro atoms. The predicted molar refractivity (Wildman–Crippen MR) is 121 cm³/mol. The molecule has 4 aromatic rings. The quantitative estimate of drug-likeness (QED) is 0.426. The first-order valence-electron chi connectivity index (χ1n) is 9.86. The number of halogens is 1. The van der Waals surface area contributed by atoms with Crippen LogP contribution >= 0.6 is 11.6 Å². The first-order chi connectivity index (χ1) is 14.7. The highest BCUT2D eigenvalue weighted by atomic mass is 35.5. The smallest absolute Gasteiger partial charge is 0.224 e. The molecule has 0 aliphatic carbocycles. The van der Waals surface area contributed by atoms with Gasteiger partial charge in [0.1, 0.15) is 5.75 Å². The molecule has 1 heterocycles. The van der Waals surface area contributed by atoms with E-state index in [2.05, 4.69) is 16.4 Å². The summed E-state index contributed by atoms with van der Waals surface area (Å²) in [6.45, 7) is 0.453. The van der Waals surface area contributed by atoms with E-state index in [1.165, 1.54) is 0 Å². The Balaban J connectivity index is 1.58. The van der Waals surface area contributed by atoms with Crippen LogP contribution in [0.3, 0.4) is 0 Å². The van der Waals surface area contributed by atoms with Crippen molar-refractivity contribution in [3.05, 3.63) is 101 Å². The molecule has 0 radical (unpaired) electrons. The van der Waals surface area contributed by atoms with Crippen LogP contribution < -0.4 is 10.1 Å². The van der Waals surface area contributed by atoms with Crippen LogP contribution in [-0.2, 0) is 11.2 Å². The van der Waals surface area contributed by atoms with Crippen molar-refractivity contribution >= 4 is 28.4 Å². The third kappa shape index (κ3) is 4.34. The number of aromatic amines is 1. The van der Waals surface area contributed by atoms with E-state index in [1.54, 1.807) is 7.11 Å². The summed E-state index contributed by atoms with van der Waals surface area (Å²) in [5, 5.41) is 4.91. The van der Waals surface area contributed by atoms with Crippen LogP contribution in [0.4, 0.5) is 0 Å². The number of amides is 1. The molecule has 4 nitrogen and oxygen atoms in total. The molecule has 4 rings (SSSR count). The van der Waals surface area contributed by atoms with E-state index >= 15 is 0 Å². The Kier molecular flexibility index (Phi) is 6.05. The fourth-order valence-corrected chi connectivity index (χ4v) is 4.04. The molecule has 0 saturated carbocycles. The molecule has 3 aromatic carbocycles. The maximum Gasteiger partial charge on any atom is 0.224 e. The number of fused-ring (bicyclic) bond motifs is 1. The minimum Gasteiger partial charge on any atom is -0.497 e. The van der Waals surface area contributed by atoms with Gasteiger partial charge in [-0.1, -0.05) is 60.1 Å². The standard InChI is InChI=1S/C25H23ClN2O2/c1-30-18-8-6-7-17(13-18)14-25(29)28-16-21(19-9-2-4-11-23(19)26)22-15-27-24-12-5-3-10-20(22)24/h2-13,15,21,27H,14,16H2,1H3,(H,28,29). The third-order valence-electron chi connectivity index (χ3n) is 5.28. The van der Waals surface area contributed by atoms with Gasteiger partial charge < -0.3 is 15.0 Å². The van der Waals surface area contributed by atoms with Crippen molar-refractivity contribution in [3.63, 3.8) is 0 Å². The number of aromatic nitrogens is 1. The third-order valence-corrected chi connectivity index (χ3v) is 5.62. The molecular formula is C25H23ClN2O2. The monoisotopic (exact) mass is 418 g/mol. The Labute approximate surface area is 180 Å². The van der Waals surface area contributed by atoms with Crippen molar-refractivity contribution in [1.29, 1.82) is 0 Å². The van der Waals surface area contributed by atoms with Crippen molar-refractivity contribution in [3.8, 4) is 5.75 Å². The zero-order valence-electron chi connectivity index (χ0n) is 16.7. The zero-order valence-corrected chi connectivity index (χ0v) is 17.4. The molecule has 0 aliphatic heterocycles. The number of rotatable bonds is 7. The lowest BCUT2D eigenvalue weighted by atomic mass is 9.90. The molecule has 152 valence electrons.